The van der Waals surface area contributed by atoms with Crippen LogP contribution in [-0.4, -0.2) is 29.5 Å². The Morgan fingerprint density at radius 2 is 2.04 bits per heavy atom. The first kappa shape index (κ1) is 19.2. The number of benzene rings is 2. The zero-order valence-corrected chi connectivity index (χ0v) is 15.6. The number of carbonyl (C=O) groups is 2. The van der Waals surface area contributed by atoms with Gasteiger partial charge in [-0.15, -0.1) is 0 Å². The molecular weight excluding hydrogens is 360 g/mol. The molecule has 1 aliphatic heterocycles. The molecule has 2 aromatic rings. The number of non-ortho nitro benzene ring substituents is 1. The van der Waals surface area contributed by atoms with E-state index < -0.39 is 10.8 Å². The van der Waals surface area contributed by atoms with E-state index in [1.807, 2.05) is 32.0 Å². The van der Waals surface area contributed by atoms with Crippen molar-refractivity contribution < 1.29 is 14.5 Å². The molecule has 0 spiro atoms. The number of carbonyl (C=O) groups excluding carboxylic acids is 2. The van der Waals surface area contributed by atoms with E-state index >= 15 is 0 Å². The maximum Gasteiger partial charge on any atom is 0.270 e. The molecule has 1 saturated heterocycles. The topological polar surface area (TPSA) is 105 Å². The number of aryl methyl sites for hydroxylation is 2. The second kappa shape index (κ2) is 7.99. The fraction of sp³-hybridized carbons (Fsp3) is 0.250. The average Bonchev–Trinajstić information content (AvgIpc) is 3.06. The third-order valence-corrected chi connectivity index (χ3v) is 4.77. The number of anilines is 1. The van der Waals surface area contributed by atoms with E-state index in [1.165, 1.54) is 18.3 Å². The molecule has 8 nitrogen and oxygen atoms in total. The molecule has 0 saturated carbocycles. The molecule has 1 N–H and O–H groups in total. The summed E-state index contributed by atoms with van der Waals surface area (Å²) in [6, 6.07) is 11.7. The highest BCUT2D eigenvalue weighted by Gasteiger charge is 2.35. The van der Waals surface area contributed by atoms with Gasteiger partial charge in [0.05, 0.1) is 17.1 Å². The number of hydrazone groups is 1. The van der Waals surface area contributed by atoms with Crippen molar-refractivity contribution >= 4 is 29.4 Å². The van der Waals surface area contributed by atoms with Gasteiger partial charge in [-0.25, -0.2) is 5.43 Å². The van der Waals surface area contributed by atoms with Gasteiger partial charge in [-0.1, -0.05) is 18.2 Å². The smallest absolute Gasteiger partial charge is 0.270 e. The highest BCUT2D eigenvalue weighted by atomic mass is 16.6. The van der Waals surface area contributed by atoms with Gasteiger partial charge in [0.15, 0.2) is 0 Å². The molecule has 0 aliphatic carbocycles. The lowest BCUT2D eigenvalue weighted by Crippen LogP contribution is -2.30. The SMILES string of the molecule is Cc1ccc(N2C[C@@H](C(=O)N/N=C\c3cccc([N+](=O)[O-])c3)CC2=O)cc1C. The van der Waals surface area contributed by atoms with Crippen LogP contribution in [0, 0.1) is 29.9 Å². The van der Waals surface area contributed by atoms with Crippen LogP contribution in [0.25, 0.3) is 0 Å². The summed E-state index contributed by atoms with van der Waals surface area (Å²) in [6.07, 6.45) is 1.45. The van der Waals surface area contributed by atoms with Gasteiger partial charge < -0.3 is 4.90 Å². The summed E-state index contributed by atoms with van der Waals surface area (Å²) in [5, 5.41) is 14.6. The number of nitro groups is 1. The van der Waals surface area contributed by atoms with Gasteiger partial charge >= 0.3 is 0 Å². The molecule has 2 amide bonds. The molecule has 1 heterocycles. The standard InChI is InChI=1S/C20H20N4O4/c1-13-6-7-17(8-14(13)2)23-12-16(10-19(23)25)20(26)22-21-11-15-4-3-5-18(9-15)24(27)28/h3-9,11,16H,10,12H2,1-2H3,(H,22,26)/b21-11-/t16-/m0/s1. The Bertz CT molecular complexity index is 970. The average molecular weight is 380 g/mol. The Kier molecular flexibility index (Phi) is 5.49. The number of hydrogen-bond donors (Lipinski definition) is 1. The van der Waals surface area contributed by atoms with Crippen molar-refractivity contribution in [2.24, 2.45) is 11.0 Å². The molecule has 0 bridgehead atoms. The van der Waals surface area contributed by atoms with E-state index in [1.54, 1.807) is 17.0 Å². The highest BCUT2D eigenvalue weighted by Crippen LogP contribution is 2.26. The van der Waals surface area contributed by atoms with Crippen molar-refractivity contribution in [2.45, 2.75) is 20.3 Å². The summed E-state index contributed by atoms with van der Waals surface area (Å²) in [7, 11) is 0. The van der Waals surface area contributed by atoms with Crippen LogP contribution in [0.4, 0.5) is 11.4 Å². The molecule has 2 aromatic carbocycles. The lowest BCUT2D eigenvalue weighted by atomic mass is 10.1. The maximum atomic E-state index is 12.3. The van der Waals surface area contributed by atoms with Crippen LogP contribution < -0.4 is 10.3 Å². The van der Waals surface area contributed by atoms with Crippen LogP contribution in [-0.2, 0) is 9.59 Å². The molecule has 28 heavy (non-hydrogen) atoms. The summed E-state index contributed by atoms with van der Waals surface area (Å²) in [4.78, 5) is 36.6. The van der Waals surface area contributed by atoms with Crippen LogP contribution in [0.1, 0.15) is 23.1 Å². The van der Waals surface area contributed by atoms with Gasteiger partial charge in [0, 0.05) is 36.3 Å². The number of rotatable bonds is 5. The Labute approximate surface area is 162 Å². The van der Waals surface area contributed by atoms with Crippen molar-refractivity contribution in [3.8, 4) is 0 Å². The molecule has 1 atom stereocenters. The highest BCUT2D eigenvalue weighted by molar-refractivity contribution is 6.00. The van der Waals surface area contributed by atoms with Gasteiger partial charge in [-0.2, -0.15) is 5.10 Å². The molecule has 1 fully saturated rings. The normalized spacial score (nSPS) is 16.6. The Hall–Kier alpha value is -3.55. The van der Waals surface area contributed by atoms with Crippen LogP contribution >= 0.6 is 0 Å². The third-order valence-electron chi connectivity index (χ3n) is 4.77. The molecule has 8 heteroatoms. The first-order valence-electron chi connectivity index (χ1n) is 8.80. The van der Waals surface area contributed by atoms with Crippen LogP contribution in [0.15, 0.2) is 47.6 Å². The molecule has 0 radical (unpaired) electrons. The Balaban J connectivity index is 1.62. The summed E-state index contributed by atoms with van der Waals surface area (Å²) in [5.74, 6) is -0.969. The number of nitrogens with zero attached hydrogens (tertiary/aromatic N) is 3. The molecular formula is C20H20N4O4. The number of amides is 2. The lowest BCUT2D eigenvalue weighted by molar-refractivity contribution is -0.384. The lowest BCUT2D eigenvalue weighted by Gasteiger charge is -2.17. The van der Waals surface area contributed by atoms with Gasteiger partial charge in [0.25, 0.3) is 5.69 Å². The quantitative estimate of drug-likeness (QED) is 0.489. The molecule has 0 unspecified atom stereocenters. The van der Waals surface area contributed by atoms with E-state index in [0.29, 0.717) is 12.1 Å². The number of nitro benzene ring substituents is 1. The van der Waals surface area contributed by atoms with E-state index in [2.05, 4.69) is 10.5 Å². The van der Waals surface area contributed by atoms with E-state index in [4.69, 9.17) is 0 Å². The minimum Gasteiger partial charge on any atom is -0.312 e. The van der Waals surface area contributed by atoms with Gasteiger partial charge in [-0.05, 0) is 37.1 Å². The first-order valence-corrected chi connectivity index (χ1v) is 8.80. The fourth-order valence-electron chi connectivity index (χ4n) is 3.01. The predicted octanol–water partition coefficient (Wildman–Crippen LogP) is 2.71. The Morgan fingerprint density at radius 3 is 2.75 bits per heavy atom. The maximum absolute atomic E-state index is 12.3. The van der Waals surface area contributed by atoms with Crippen molar-refractivity contribution in [1.82, 2.24) is 5.43 Å². The van der Waals surface area contributed by atoms with E-state index in [9.17, 15) is 19.7 Å². The van der Waals surface area contributed by atoms with Crippen LogP contribution in [0.2, 0.25) is 0 Å². The zero-order valence-electron chi connectivity index (χ0n) is 15.6. The van der Waals surface area contributed by atoms with E-state index in [0.717, 1.165) is 16.8 Å². The van der Waals surface area contributed by atoms with Gasteiger partial charge in [-0.3, -0.25) is 19.7 Å². The summed E-state index contributed by atoms with van der Waals surface area (Å²) in [5.41, 5.74) is 5.86. The second-order valence-electron chi connectivity index (χ2n) is 6.76. The molecule has 144 valence electrons. The largest absolute Gasteiger partial charge is 0.312 e. The molecule has 0 aromatic heterocycles. The minimum absolute atomic E-state index is 0.0549. The summed E-state index contributed by atoms with van der Waals surface area (Å²) < 4.78 is 0. The third kappa shape index (κ3) is 4.22. The van der Waals surface area contributed by atoms with Gasteiger partial charge in [0.1, 0.15) is 0 Å². The van der Waals surface area contributed by atoms with Crippen LogP contribution in [0.5, 0.6) is 0 Å². The van der Waals surface area contributed by atoms with Crippen molar-refractivity contribution in [3.05, 3.63) is 69.3 Å². The van der Waals surface area contributed by atoms with Crippen LogP contribution in [0.3, 0.4) is 0 Å². The van der Waals surface area contributed by atoms with Crippen molar-refractivity contribution in [3.63, 3.8) is 0 Å². The van der Waals surface area contributed by atoms with Crippen molar-refractivity contribution in [2.75, 3.05) is 11.4 Å². The monoisotopic (exact) mass is 380 g/mol. The van der Waals surface area contributed by atoms with Gasteiger partial charge in [0.2, 0.25) is 11.8 Å². The molecule has 3 rings (SSSR count). The van der Waals surface area contributed by atoms with Crippen molar-refractivity contribution in [1.29, 1.82) is 0 Å². The number of nitrogens with one attached hydrogen (secondary N) is 1. The molecule has 1 aliphatic rings. The Morgan fingerprint density at radius 1 is 1.25 bits per heavy atom. The second-order valence-corrected chi connectivity index (χ2v) is 6.76. The fourth-order valence-corrected chi connectivity index (χ4v) is 3.01. The van der Waals surface area contributed by atoms with E-state index in [-0.39, 0.29) is 23.9 Å². The summed E-state index contributed by atoms with van der Waals surface area (Å²) in [6.45, 7) is 4.27. The minimum atomic E-state index is -0.503. The summed E-state index contributed by atoms with van der Waals surface area (Å²) >= 11 is 0. The predicted molar refractivity (Wildman–Crippen MR) is 105 cm³/mol. The number of hydrogen-bond acceptors (Lipinski definition) is 5. The zero-order chi connectivity index (χ0) is 20.3. The first-order chi connectivity index (χ1) is 13.3.